The molecular formula is C22H18O2S2. The van der Waals surface area contributed by atoms with Crippen molar-refractivity contribution in [1.29, 1.82) is 0 Å². The van der Waals surface area contributed by atoms with E-state index in [9.17, 15) is 9.59 Å². The van der Waals surface area contributed by atoms with E-state index in [2.05, 4.69) is 24.3 Å². The van der Waals surface area contributed by atoms with E-state index in [0.29, 0.717) is 23.7 Å². The van der Waals surface area contributed by atoms with E-state index in [1.807, 2.05) is 0 Å². The van der Waals surface area contributed by atoms with Gasteiger partial charge in [-0.15, -0.1) is 22.7 Å². The van der Waals surface area contributed by atoms with Gasteiger partial charge < -0.3 is 0 Å². The van der Waals surface area contributed by atoms with E-state index < -0.39 is 0 Å². The number of carbonyl (C=O) groups excluding carboxylic acids is 2. The molecule has 6 aliphatic rings. The third kappa shape index (κ3) is 1.82. The maximum Gasteiger partial charge on any atom is 0.160 e. The van der Waals surface area contributed by atoms with E-state index in [0.717, 1.165) is 35.2 Å². The van der Waals surface area contributed by atoms with Crippen LogP contribution in [0.4, 0.5) is 0 Å². The highest BCUT2D eigenvalue weighted by Gasteiger charge is 2.40. The number of aldehydes is 2. The number of rotatable bonds is 3. The average molecular weight is 379 g/mol. The van der Waals surface area contributed by atoms with Gasteiger partial charge in [-0.3, -0.25) is 9.59 Å². The number of carbonyl (C=O) groups is 2. The molecule has 2 heterocycles. The van der Waals surface area contributed by atoms with Gasteiger partial charge in [-0.05, 0) is 47.9 Å². The first kappa shape index (κ1) is 15.3. The highest BCUT2D eigenvalue weighted by Crippen LogP contribution is 2.59. The number of allylic oxidation sites excluding steroid dienone is 4. The van der Waals surface area contributed by atoms with E-state index in [1.165, 1.54) is 44.8 Å². The Bertz CT molecular complexity index is 937. The molecule has 2 aromatic heterocycles. The Hall–Kier alpha value is -1.78. The second-order valence-electron chi connectivity index (χ2n) is 7.83. The Morgan fingerprint density at radius 3 is 1.27 bits per heavy atom. The monoisotopic (exact) mass is 378 g/mol. The van der Waals surface area contributed by atoms with Gasteiger partial charge in [0.25, 0.3) is 0 Å². The molecular weight excluding hydrogens is 360 g/mol. The summed E-state index contributed by atoms with van der Waals surface area (Å²) in [4.78, 5) is 28.0. The molecule has 4 bridgehead atoms. The fraction of sp³-hybridized carbons (Fsp3) is 0.364. The number of fused-ring (bicyclic) bond motifs is 2. The second-order valence-corrected chi connectivity index (χ2v) is 9.94. The summed E-state index contributed by atoms with van der Waals surface area (Å²) in [6.07, 6.45) is 16.0. The van der Waals surface area contributed by atoms with Crippen LogP contribution in [0.25, 0.3) is 9.75 Å². The third-order valence-electron chi connectivity index (χ3n) is 6.66. The molecule has 4 atom stereocenters. The zero-order valence-corrected chi connectivity index (χ0v) is 15.9. The molecule has 130 valence electrons. The fourth-order valence-corrected chi connectivity index (χ4v) is 8.24. The molecule has 2 nitrogen and oxygen atoms in total. The van der Waals surface area contributed by atoms with Gasteiger partial charge in [0, 0.05) is 33.4 Å². The summed E-state index contributed by atoms with van der Waals surface area (Å²) in [5.74, 6) is 1.67. The number of thiophene rings is 2. The first-order chi connectivity index (χ1) is 12.8. The van der Waals surface area contributed by atoms with Crippen molar-refractivity contribution >= 4 is 35.2 Å². The molecule has 2 aromatic rings. The quantitative estimate of drug-likeness (QED) is 0.473. The van der Waals surface area contributed by atoms with Crippen LogP contribution in [-0.2, 0) is 0 Å². The molecule has 4 heteroatoms. The topological polar surface area (TPSA) is 34.1 Å². The summed E-state index contributed by atoms with van der Waals surface area (Å²) in [6.45, 7) is 0. The van der Waals surface area contributed by atoms with Crippen molar-refractivity contribution in [1.82, 2.24) is 0 Å². The maximum absolute atomic E-state index is 11.8. The Morgan fingerprint density at radius 1 is 0.615 bits per heavy atom. The second kappa shape index (κ2) is 5.37. The van der Waals surface area contributed by atoms with Crippen molar-refractivity contribution in [3.05, 3.63) is 56.3 Å². The Balaban J connectivity index is 1.64. The first-order valence-electron chi connectivity index (χ1n) is 9.40. The van der Waals surface area contributed by atoms with Crippen molar-refractivity contribution in [2.75, 3.05) is 0 Å². The van der Waals surface area contributed by atoms with Crippen LogP contribution in [0.5, 0.6) is 0 Å². The van der Waals surface area contributed by atoms with Crippen molar-refractivity contribution in [3.8, 4) is 9.75 Å². The minimum Gasteiger partial charge on any atom is -0.297 e. The molecule has 0 amide bonds. The van der Waals surface area contributed by atoms with Gasteiger partial charge in [-0.1, -0.05) is 24.3 Å². The van der Waals surface area contributed by atoms with Crippen molar-refractivity contribution in [2.45, 2.75) is 49.4 Å². The molecule has 8 rings (SSSR count). The average Bonchev–Trinajstić information content (AvgIpc) is 3.31. The predicted molar refractivity (Wildman–Crippen MR) is 106 cm³/mol. The summed E-state index contributed by atoms with van der Waals surface area (Å²) in [7, 11) is 0. The minimum absolute atomic E-state index is 0.401. The van der Waals surface area contributed by atoms with E-state index in [1.54, 1.807) is 22.7 Å². The van der Waals surface area contributed by atoms with Crippen molar-refractivity contribution in [3.63, 3.8) is 0 Å². The summed E-state index contributed by atoms with van der Waals surface area (Å²) in [5, 5.41) is 0. The van der Waals surface area contributed by atoms with Crippen LogP contribution in [0.1, 0.15) is 91.0 Å². The summed E-state index contributed by atoms with van der Waals surface area (Å²) >= 11 is 3.32. The van der Waals surface area contributed by atoms with E-state index in [-0.39, 0.29) is 0 Å². The Labute approximate surface area is 160 Å². The van der Waals surface area contributed by atoms with Crippen molar-refractivity contribution < 1.29 is 9.59 Å². The standard InChI is InChI=1S/C22H18O2S2/c23-9-15-17-11-1-5-13(6-2-11)19(17)21(25-15)22-20-14-7-3-12(4-8-14)18(20)16(10-24)26-22/h1,3,5,7,9-14H,2,4,6,8H2/t11-,12-,13+,14+/m1/s1. The zero-order valence-electron chi connectivity index (χ0n) is 14.2. The van der Waals surface area contributed by atoms with Crippen LogP contribution < -0.4 is 0 Å². The molecule has 0 saturated heterocycles. The van der Waals surface area contributed by atoms with Gasteiger partial charge in [-0.25, -0.2) is 0 Å². The molecule has 0 radical (unpaired) electrons. The van der Waals surface area contributed by atoms with Gasteiger partial charge in [0.2, 0.25) is 0 Å². The molecule has 26 heavy (non-hydrogen) atoms. The molecule has 0 spiro atoms. The van der Waals surface area contributed by atoms with Crippen LogP contribution >= 0.6 is 22.7 Å². The molecule has 0 N–H and O–H groups in total. The molecule has 0 aromatic carbocycles. The molecule has 0 fully saturated rings. The van der Waals surface area contributed by atoms with Crippen LogP contribution in [0.3, 0.4) is 0 Å². The lowest BCUT2D eigenvalue weighted by Crippen LogP contribution is -2.18. The Morgan fingerprint density at radius 2 is 0.962 bits per heavy atom. The van der Waals surface area contributed by atoms with Crippen LogP contribution in [0.2, 0.25) is 0 Å². The molecule has 0 saturated carbocycles. The lowest BCUT2D eigenvalue weighted by Gasteiger charge is -2.34. The highest BCUT2D eigenvalue weighted by atomic mass is 32.1. The largest absolute Gasteiger partial charge is 0.297 e. The van der Waals surface area contributed by atoms with Crippen LogP contribution in [-0.4, -0.2) is 12.6 Å². The van der Waals surface area contributed by atoms with Gasteiger partial charge in [0.1, 0.15) is 0 Å². The normalized spacial score (nSPS) is 29.7. The Kier molecular flexibility index (Phi) is 3.16. The highest BCUT2D eigenvalue weighted by molar-refractivity contribution is 7.24. The van der Waals surface area contributed by atoms with Gasteiger partial charge in [0.05, 0.1) is 9.75 Å². The van der Waals surface area contributed by atoms with Gasteiger partial charge in [0.15, 0.2) is 12.6 Å². The van der Waals surface area contributed by atoms with E-state index >= 15 is 0 Å². The maximum atomic E-state index is 11.8. The molecule has 6 aliphatic carbocycles. The summed E-state index contributed by atoms with van der Waals surface area (Å²) < 4.78 is 0. The lowest BCUT2D eigenvalue weighted by molar-refractivity contribution is 0.111. The van der Waals surface area contributed by atoms with Gasteiger partial charge >= 0.3 is 0 Å². The summed E-state index contributed by atoms with van der Waals surface area (Å²) in [5.41, 5.74) is 5.35. The van der Waals surface area contributed by atoms with E-state index in [4.69, 9.17) is 0 Å². The zero-order chi connectivity index (χ0) is 17.4. The summed E-state index contributed by atoms with van der Waals surface area (Å²) in [6, 6.07) is 0. The minimum atomic E-state index is 0.401. The number of hydrogen-bond donors (Lipinski definition) is 0. The molecule has 0 unspecified atom stereocenters. The third-order valence-corrected chi connectivity index (χ3v) is 9.11. The van der Waals surface area contributed by atoms with Crippen LogP contribution in [0, 0.1) is 0 Å². The lowest BCUT2D eigenvalue weighted by atomic mass is 9.69. The first-order valence-corrected chi connectivity index (χ1v) is 11.0. The smallest absolute Gasteiger partial charge is 0.160 e. The predicted octanol–water partition coefficient (Wildman–Crippen LogP) is 6.16. The van der Waals surface area contributed by atoms with Crippen LogP contribution in [0.15, 0.2) is 24.3 Å². The van der Waals surface area contributed by atoms with Crippen molar-refractivity contribution in [2.24, 2.45) is 0 Å². The SMILES string of the molecule is O=Cc1sc(-c2sc(C=O)c3c2[C@H]2C=C[C@@H]3CC2)c2c1[C@@H]1C=C[C@H]2CC1. The van der Waals surface area contributed by atoms with Gasteiger partial charge in [-0.2, -0.15) is 0 Å². The fourth-order valence-electron chi connectivity index (χ4n) is 5.57. The number of hydrogen-bond acceptors (Lipinski definition) is 4. The molecule has 0 aliphatic heterocycles.